The van der Waals surface area contributed by atoms with Crippen molar-refractivity contribution in [2.24, 2.45) is 0 Å². The van der Waals surface area contributed by atoms with E-state index in [1.807, 2.05) is 6.20 Å². The standard InChI is InChI=1S/C28H27N/c1-27(2,3)20-12-15-25(29-17-20)19-11-13-22-23-14-10-18-8-6-7-9-21(18)26(23)28(4,5)24(22)16-19/h6-17H,1-5H3. The number of hydrogen-bond acceptors (Lipinski definition) is 1. The number of nitrogens with zero attached hydrogens (tertiary/aromatic N) is 1. The van der Waals surface area contributed by atoms with E-state index in [9.17, 15) is 0 Å². The van der Waals surface area contributed by atoms with Gasteiger partial charge in [-0.3, -0.25) is 4.98 Å². The highest BCUT2D eigenvalue weighted by Gasteiger charge is 2.37. The molecule has 0 saturated heterocycles. The molecule has 0 atom stereocenters. The molecule has 1 heteroatoms. The van der Waals surface area contributed by atoms with Crippen LogP contribution in [-0.4, -0.2) is 4.98 Å². The highest BCUT2D eigenvalue weighted by Crippen LogP contribution is 2.52. The lowest BCUT2D eigenvalue weighted by Crippen LogP contribution is -2.15. The average Bonchev–Trinajstić information content (AvgIpc) is 2.94. The Labute approximate surface area is 173 Å². The van der Waals surface area contributed by atoms with Crippen molar-refractivity contribution in [3.63, 3.8) is 0 Å². The molecular formula is C28H27N. The van der Waals surface area contributed by atoms with Crippen LogP contribution in [0.25, 0.3) is 33.2 Å². The number of hydrogen-bond donors (Lipinski definition) is 0. The molecule has 0 amide bonds. The van der Waals surface area contributed by atoms with Crippen LogP contribution in [0.1, 0.15) is 51.3 Å². The van der Waals surface area contributed by atoms with Crippen molar-refractivity contribution >= 4 is 10.8 Å². The average molecular weight is 378 g/mol. The molecule has 1 heterocycles. The summed E-state index contributed by atoms with van der Waals surface area (Å²) >= 11 is 0. The van der Waals surface area contributed by atoms with E-state index in [4.69, 9.17) is 4.98 Å². The quantitative estimate of drug-likeness (QED) is 0.334. The zero-order valence-corrected chi connectivity index (χ0v) is 17.9. The van der Waals surface area contributed by atoms with Crippen molar-refractivity contribution < 1.29 is 0 Å². The van der Waals surface area contributed by atoms with E-state index in [1.165, 1.54) is 44.2 Å². The summed E-state index contributed by atoms with van der Waals surface area (Å²) in [5.74, 6) is 0. The Morgan fingerprint density at radius 3 is 2.28 bits per heavy atom. The predicted octanol–water partition coefficient (Wildman–Crippen LogP) is 7.51. The predicted molar refractivity (Wildman–Crippen MR) is 123 cm³/mol. The molecule has 1 aromatic heterocycles. The molecule has 4 aromatic rings. The maximum atomic E-state index is 4.79. The monoisotopic (exact) mass is 377 g/mol. The molecular weight excluding hydrogens is 350 g/mol. The summed E-state index contributed by atoms with van der Waals surface area (Å²) < 4.78 is 0. The van der Waals surface area contributed by atoms with Crippen molar-refractivity contribution in [2.75, 3.05) is 0 Å². The van der Waals surface area contributed by atoms with Crippen LogP contribution in [0.2, 0.25) is 0 Å². The molecule has 5 rings (SSSR count). The van der Waals surface area contributed by atoms with Crippen molar-refractivity contribution in [2.45, 2.75) is 45.4 Å². The van der Waals surface area contributed by atoms with E-state index in [-0.39, 0.29) is 10.8 Å². The van der Waals surface area contributed by atoms with E-state index in [1.54, 1.807) is 0 Å². The summed E-state index contributed by atoms with van der Waals surface area (Å²) in [6, 6.07) is 24.5. The normalized spacial score (nSPS) is 14.7. The van der Waals surface area contributed by atoms with Crippen molar-refractivity contribution in [3.05, 3.63) is 89.6 Å². The Bertz CT molecular complexity index is 1240. The Morgan fingerprint density at radius 1 is 0.793 bits per heavy atom. The topological polar surface area (TPSA) is 12.9 Å². The van der Waals surface area contributed by atoms with Gasteiger partial charge in [-0.2, -0.15) is 0 Å². The van der Waals surface area contributed by atoms with Crippen LogP contribution in [0.3, 0.4) is 0 Å². The third-order valence-corrected chi connectivity index (χ3v) is 6.46. The van der Waals surface area contributed by atoms with Crippen LogP contribution >= 0.6 is 0 Å². The molecule has 0 unspecified atom stereocenters. The van der Waals surface area contributed by atoms with Gasteiger partial charge in [0, 0.05) is 17.2 Å². The molecule has 1 nitrogen and oxygen atoms in total. The molecule has 0 saturated carbocycles. The van der Waals surface area contributed by atoms with Crippen molar-refractivity contribution in [3.8, 4) is 22.4 Å². The van der Waals surface area contributed by atoms with E-state index in [0.29, 0.717) is 0 Å². The fourth-order valence-electron chi connectivity index (χ4n) is 4.77. The second kappa shape index (κ2) is 6.03. The van der Waals surface area contributed by atoms with Gasteiger partial charge in [0.2, 0.25) is 0 Å². The lowest BCUT2D eigenvalue weighted by atomic mass is 9.79. The number of aromatic nitrogens is 1. The first kappa shape index (κ1) is 18.1. The molecule has 0 aliphatic heterocycles. The van der Waals surface area contributed by atoms with Crippen LogP contribution in [-0.2, 0) is 10.8 Å². The van der Waals surface area contributed by atoms with Crippen LogP contribution < -0.4 is 0 Å². The van der Waals surface area contributed by atoms with E-state index in [2.05, 4.69) is 101 Å². The Balaban J connectivity index is 1.65. The van der Waals surface area contributed by atoms with Crippen LogP contribution in [0, 0.1) is 0 Å². The van der Waals surface area contributed by atoms with Crippen molar-refractivity contribution in [1.29, 1.82) is 0 Å². The first-order chi connectivity index (χ1) is 13.8. The molecule has 0 bridgehead atoms. The minimum Gasteiger partial charge on any atom is -0.256 e. The second-order valence-corrected chi connectivity index (χ2v) is 9.78. The fraction of sp³-hybridized carbons (Fsp3) is 0.250. The van der Waals surface area contributed by atoms with E-state index >= 15 is 0 Å². The second-order valence-electron chi connectivity index (χ2n) is 9.78. The fourth-order valence-corrected chi connectivity index (χ4v) is 4.77. The van der Waals surface area contributed by atoms with Gasteiger partial charge in [0.1, 0.15) is 0 Å². The highest BCUT2D eigenvalue weighted by atomic mass is 14.7. The van der Waals surface area contributed by atoms with E-state index in [0.717, 1.165) is 5.69 Å². The van der Waals surface area contributed by atoms with Crippen LogP contribution in [0.15, 0.2) is 72.9 Å². The summed E-state index contributed by atoms with van der Waals surface area (Å²) in [4.78, 5) is 4.79. The minimum atomic E-state index is -0.0348. The number of pyridine rings is 1. The Morgan fingerprint density at radius 2 is 1.55 bits per heavy atom. The SMILES string of the molecule is CC(C)(C)c1ccc(-c2ccc3c(c2)C(C)(C)c2c-3ccc3ccccc23)nc1. The maximum absolute atomic E-state index is 4.79. The summed E-state index contributed by atoms with van der Waals surface area (Å²) in [6.45, 7) is 11.4. The number of fused-ring (bicyclic) bond motifs is 5. The molecule has 3 aromatic carbocycles. The van der Waals surface area contributed by atoms with Gasteiger partial charge < -0.3 is 0 Å². The molecule has 0 N–H and O–H groups in total. The molecule has 0 fully saturated rings. The molecule has 1 aliphatic rings. The first-order valence-electron chi connectivity index (χ1n) is 10.4. The summed E-state index contributed by atoms with van der Waals surface area (Å²) in [5.41, 5.74) is 9.13. The lowest BCUT2D eigenvalue weighted by Gasteiger charge is -2.23. The molecule has 29 heavy (non-hydrogen) atoms. The van der Waals surface area contributed by atoms with E-state index < -0.39 is 0 Å². The number of benzene rings is 3. The van der Waals surface area contributed by atoms with Gasteiger partial charge in [0.15, 0.2) is 0 Å². The van der Waals surface area contributed by atoms with Gasteiger partial charge in [-0.05, 0) is 56.1 Å². The maximum Gasteiger partial charge on any atom is 0.0702 e. The van der Waals surface area contributed by atoms with Gasteiger partial charge in [-0.1, -0.05) is 89.2 Å². The molecule has 1 aliphatic carbocycles. The van der Waals surface area contributed by atoms with Gasteiger partial charge >= 0.3 is 0 Å². The first-order valence-corrected chi connectivity index (χ1v) is 10.4. The summed E-state index contributed by atoms with van der Waals surface area (Å²) in [6.07, 6.45) is 2.02. The molecule has 0 radical (unpaired) electrons. The third kappa shape index (κ3) is 2.72. The Kier molecular flexibility index (Phi) is 3.77. The van der Waals surface area contributed by atoms with Gasteiger partial charge in [0.25, 0.3) is 0 Å². The Hall–Kier alpha value is -2.93. The number of rotatable bonds is 1. The van der Waals surface area contributed by atoms with Gasteiger partial charge in [0.05, 0.1) is 5.69 Å². The van der Waals surface area contributed by atoms with Gasteiger partial charge in [-0.25, -0.2) is 0 Å². The largest absolute Gasteiger partial charge is 0.256 e. The lowest BCUT2D eigenvalue weighted by molar-refractivity contribution is 0.587. The zero-order chi connectivity index (χ0) is 20.4. The zero-order valence-electron chi connectivity index (χ0n) is 17.9. The molecule has 144 valence electrons. The minimum absolute atomic E-state index is 0.0348. The third-order valence-electron chi connectivity index (χ3n) is 6.46. The highest BCUT2D eigenvalue weighted by molar-refractivity contribution is 5.97. The summed E-state index contributed by atoms with van der Waals surface area (Å²) in [5, 5.41) is 2.67. The smallest absolute Gasteiger partial charge is 0.0702 e. The van der Waals surface area contributed by atoms with Crippen molar-refractivity contribution in [1.82, 2.24) is 4.98 Å². The van der Waals surface area contributed by atoms with Gasteiger partial charge in [-0.15, -0.1) is 0 Å². The van der Waals surface area contributed by atoms with Crippen LogP contribution in [0.5, 0.6) is 0 Å². The molecule has 0 spiro atoms. The van der Waals surface area contributed by atoms with Crippen LogP contribution in [0.4, 0.5) is 0 Å². The summed E-state index contributed by atoms with van der Waals surface area (Å²) in [7, 11) is 0.